The van der Waals surface area contributed by atoms with Crippen LogP contribution in [-0.4, -0.2) is 22.1 Å². The van der Waals surface area contributed by atoms with Crippen LogP contribution >= 0.6 is 11.3 Å². The Hall–Kier alpha value is -1.57. The van der Waals surface area contributed by atoms with Crippen molar-refractivity contribution in [3.63, 3.8) is 0 Å². The van der Waals surface area contributed by atoms with Gasteiger partial charge in [0.2, 0.25) is 0 Å². The van der Waals surface area contributed by atoms with Crippen molar-refractivity contribution in [2.75, 3.05) is 12.5 Å². The van der Waals surface area contributed by atoms with E-state index in [1.807, 2.05) is 5.38 Å². The van der Waals surface area contributed by atoms with Gasteiger partial charge in [-0.25, -0.2) is 20.8 Å². The average molecular weight is 293 g/mol. The van der Waals surface area contributed by atoms with Crippen molar-refractivity contribution in [2.45, 2.75) is 32.8 Å². The predicted molar refractivity (Wildman–Crippen MR) is 80.4 cm³/mol. The second-order valence-electron chi connectivity index (χ2n) is 5.43. The molecule has 0 amide bonds. The highest BCUT2D eigenvalue weighted by molar-refractivity contribution is 7.10. The lowest BCUT2D eigenvalue weighted by molar-refractivity contribution is 0.181. The SMILES string of the molecule is COCc1cc(NN)nc(-c2csc(C(C)(C)C)n2)n1. The van der Waals surface area contributed by atoms with Gasteiger partial charge in [0.15, 0.2) is 5.82 Å². The van der Waals surface area contributed by atoms with Crippen molar-refractivity contribution in [2.24, 2.45) is 5.84 Å². The Morgan fingerprint density at radius 3 is 2.60 bits per heavy atom. The van der Waals surface area contributed by atoms with E-state index in [0.717, 1.165) is 16.4 Å². The van der Waals surface area contributed by atoms with E-state index >= 15 is 0 Å². The number of ether oxygens (including phenoxy) is 1. The van der Waals surface area contributed by atoms with Gasteiger partial charge in [-0.15, -0.1) is 11.3 Å². The minimum atomic E-state index is 0.0159. The Morgan fingerprint density at radius 2 is 2.05 bits per heavy atom. The summed E-state index contributed by atoms with van der Waals surface area (Å²) in [6, 6.07) is 1.75. The van der Waals surface area contributed by atoms with E-state index in [0.29, 0.717) is 18.2 Å². The molecule has 0 saturated carbocycles. The fourth-order valence-electron chi connectivity index (χ4n) is 1.63. The number of hydrogen-bond acceptors (Lipinski definition) is 7. The summed E-state index contributed by atoms with van der Waals surface area (Å²) < 4.78 is 5.10. The van der Waals surface area contributed by atoms with Crippen LogP contribution in [-0.2, 0) is 16.8 Å². The summed E-state index contributed by atoms with van der Waals surface area (Å²) in [5, 5.41) is 3.02. The molecule has 6 nitrogen and oxygen atoms in total. The highest BCUT2D eigenvalue weighted by Crippen LogP contribution is 2.29. The van der Waals surface area contributed by atoms with Gasteiger partial charge in [0.1, 0.15) is 11.5 Å². The second-order valence-corrected chi connectivity index (χ2v) is 6.29. The summed E-state index contributed by atoms with van der Waals surface area (Å²) >= 11 is 1.61. The maximum Gasteiger partial charge on any atom is 0.181 e. The Balaban J connectivity index is 2.41. The first-order chi connectivity index (χ1) is 9.44. The average Bonchev–Trinajstić information content (AvgIpc) is 2.88. The van der Waals surface area contributed by atoms with Crippen molar-refractivity contribution < 1.29 is 4.74 Å². The number of methoxy groups -OCH3 is 1. The first kappa shape index (κ1) is 14.8. The van der Waals surface area contributed by atoms with Gasteiger partial charge < -0.3 is 10.2 Å². The molecular formula is C13H19N5OS. The summed E-state index contributed by atoms with van der Waals surface area (Å²) in [4.78, 5) is 13.4. The number of nitrogen functional groups attached to an aromatic ring is 1. The molecule has 2 rings (SSSR count). The van der Waals surface area contributed by atoms with Crippen LogP contribution in [0.2, 0.25) is 0 Å². The van der Waals surface area contributed by atoms with Crippen LogP contribution in [0.4, 0.5) is 5.82 Å². The minimum absolute atomic E-state index is 0.0159. The van der Waals surface area contributed by atoms with E-state index < -0.39 is 0 Å². The zero-order valence-corrected chi connectivity index (χ0v) is 12.9. The third-order valence-electron chi connectivity index (χ3n) is 2.59. The molecule has 0 saturated heterocycles. The van der Waals surface area contributed by atoms with Gasteiger partial charge in [0.25, 0.3) is 0 Å². The lowest BCUT2D eigenvalue weighted by atomic mass is 9.98. The van der Waals surface area contributed by atoms with Crippen LogP contribution in [0.5, 0.6) is 0 Å². The van der Waals surface area contributed by atoms with Crippen molar-refractivity contribution in [3.05, 3.63) is 22.1 Å². The normalized spacial score (nSPS) is 11.7. The molecule has 0 spiro atoms. The summed E-state index contributed by atoms with van der Waals surface area (Å²) in [6.07, 6.45) is 0. The van der Waals surface area contributed by atoms with Gasteiger partial charge in [-0.05, 0) is 0 Å². The van der Waals surface area contributed by atoms with Crippen LogP contribution < -0.4 is 11.3 Å². The zero-order valence-electron chi connectivity index (χ0n) is 12.1. The molecule has 3 N–H and O–H groups in total. The topological polar surface area (TPSA) is 86.0 Å². The predicted octanol–water partition coefficient (Wildman–Crippen LogP) is 2.33. The third-order valence-corrected chi connectivity index (χ3v) is 3.86. The minimum Gasteiger partial charge on any atom is -0.378 e. The Morgan fingerprint density at radius 1 is 1.30 bits per heavy atom. The number of hydrazine groups is 1. The molecule has 20 heavy (non-hydrogen) atoms. The molecule has 0 unspecified atom stereocenters. The van der Waals surface area contributed by atoms with Crippen LogP contribution in [0, 0.1) is 0 Å². The number of hydrogen-bond donors (Lipinski definition) is 2. The van der Waals surface area contributed by atoms with E-state index in [9.17, 15) is 0 Å². The first-order valence-electron chi connectivity index (χ1n) is 6.24. The molecule has 2 heterocycles. The molecule has 2 aromatic rings. The molecule has 0 fully saturated rings. The maximum absolute atomic E-state index is 5.44. The van der Waals surface area contributed by atoms with E-state index in [-0.39, 0.29) is 5.41 Å². The fourth-order valence-corrected chi connectivity index (χ4v) is 2.51. The molecule has 0 aromatic carbocycles. The number of aromatic nitrogens is 3. The highest BCUT2D eigenvalue weighted by atomic mass is 32.1. The zero-order chi connectivity index (χ0) is 14.8. The number of nitrogens with two attached hydrogens (primary N) is 1. The maximum atomic E-state index is 5.44. The van der Waals surface area contributed by atoms with Gasteiger partial charge >= 0.3 is 0 Å². The molecule has 0 aliphatic carbocycles. The van der Waals surface area contributed by atoms with Gasteiger partial charge in [-0.2, -0.15) is 0 Å². The largest absolute Gasteiger partial charge is 0.378 e. The number of nitrogens with one attached hydrogen (secondary N) is 1. The second kappa shape index (κ2) is 5.82. The van der Waals surface area contributed by atoms with Crippen molar-refractivity contribution in [1.82, 2.24) is 15.0 Å². The van der Waals surface area contributed by atoms with Gasteiger partial charge in [0.05, 0.1) is 17.3 Å². The fraction of sp³-hybridized carbons (Fsp3) is 0.462. The van der Waals surface area contributed by atoms with Gasteiger partial charge in [0, 0.05) is 24.0 Å². The molecule has 108 valence electrons. The Bertz CT molecular complexity index is 591. The molecule has 0 aliphatic rings. The summed E-state index contributed by atoms with van der Waals surface area (Å²) in [5.41, 5.74) is 4.08. The highest BCUT2D eigenvalue weighted by Gasteiger charge is 2.19. The first-order valence-corrected chi connectivity index (χ1v) is 7.12. The van der Waals surface area contributed by atoms with Gasteiger partial charge in [-0.1, -0.05) is 20.8 Å². The summed E-state index contributed by atoms with van der Waals surface area (Å²) in [7, 11) is 1.62. The van der Waals surface area contributed by atoms with Crippen LogP contribution in [0.1, 0.15) is 31.5 Å². The molecule has 0 bridgehead atoms. The number of thiazole rings is 1. The van der Waals surface area contributed by atoms with Crippen molar-refractivity contribution in [3.8, 4) is 11.5 Å². The summed E-state index contributed by atoms with van der Waals surface area (Å²) in [5.74, 6) is 6.54. The Labute approximate surface area is 122 Å². The van der Waals surface area contributed by atoms with E-state index in [2.05, 4.69) is 41.1 Å². The monoisotopic (exact) mass is 293 g/mol. The van der Waals surface area contributed by atoms with E-state index in [1.54, 1.807) is 24.5 Å². The molecule has 2 aromatic heterocycles. The van der Waals surface area contributed by atoms with Crippen LogP contribution in [0.25, 0.3) is 11.5 Å². The molecule has 0 aliphatic heterocycles. The summed E-state index contributed by atoms with van der Waals surface area (Å²) in [6.45, 7) is 6.79. The van der Waals surface area contributed by atoms with Crippen LogP contribution in [0.15, 0.2) is 11.4 Å². The molecular weight excluding hydrogens is 274 g/mol. The number of anilines is 1. The van der Waals surface area contributed by atoms with Crippen LogP contribution in [0.3, 0.4) is 0 Å². The third kappa shape index (κ3) is 3.30. The molecule has 0 radical (unpaired) electrons. The quantitative estimate of drug-likeness (QED) is 0.664. The van der Waals surface area contributed by atoms with Crippen molar-refractivity contribution in [1.29, 1.82) is 0 Å². The standard InChI is InChI=1S/C13H19N5OS/c1-13(2,3)12-16-9(7-20-12)11-15-8(6-19-4)5-10(17-11)18-14/h5,7H,6,14H2,1-4H3,(H,15,17,18). The van der Waals surface area contributed by atoms with E-state index in [1.165, 1.54) is 0 Å². The lowest BCUT2D eigenvalue weighted by Gasteiger charge is -2.13. The number of nitrogens with zero attached hydrogens (tertiary/aromatic N) is 3. The van der Waals surface area contributed by atoms with Gasteiger partial charge in [-0.3, -0.25) is 0 Å². The van der Waals surface area contributed by atoms with E-state index in [4.69, 9.17) is 10.6 Å². The Kier molecular flexibility index (Phi) is 4.32. The lowest BCUT2D eigenvalue weighted by Crippen LogP contribution is -2.12. The molecule has 0 atom stereocenters. The number of rotatable bonds is 4. The smallest absolute Gasteiger partial charge is 0.181 e. The molecule has 7 heteroatoms. The van der Waals surface area contributed by atoms with Crippen molar-refractivity contribution >= 4 is 17.2 Å².